The van der Waals surface area contributed by atoms with Gasteiger partial charge in [0.2, 0.25) is 6.10 Å². The normalized spacial score (nSPS) is 16.0. The molecule has 0 spiro atoms. The van der Waals surface area contributed by atoms with Crippen LogP contribution >= 0.6 is 11.6 Å². The highest BCUT2D eigenvalue weighted by Gasteiger charge is 2.31. The zero-order valence-corrected chi connectivity index (χ0v) is 14.8. The number of nitrogens with one attached hydrogen (secondary N) is 1. The lowest BCUT2D eigenvalue weighted by molar-refractivity contribution is -0.125. The minimum atomic E-state index is -0.943. The zero-order valence-electron chi connectivity index (χ0n) is 14.1. The van der Waals surface area contributed by atoms with E-state index < -0.39 is 23.6 Å². The van der Waals surface area contributed by atoms with Crippen molar-refractivity contribution in [3.8, 4) is 0 Å². The molecule has 1 unspecified atom stereocenters. The summed E-state index contributed by atoms with van der Waals surface area (Å²) in [6.45, 7) is 0. The first kappa shape index (κ1) is 18.1. The number of hydrogen-bond acceptors (Lipinski definition) is 4. The molecule has 0 saturated heterocycles. The smallest absolute Gasteiger partial charge is 0.268 e. The Balaban J connectivity index is 1.74. The van der Waals surface area contributed by atoms with Crippen LogP contribution in [0.1, 0.15) is 12.0 Å². The molecule has 0 fully saturated rings. The maximum atomic E-state index is 13.9. The van der Waals surface area contributed by atoms with Crippen LogP contribution in [-0.2, 0) is 9.63 Å². The summed E-state index contributed by atoms with van der Waals surface area (Å²) in [5.41, 5.74) is 1.33. The van der Waals surface area contributed by atoms with Crippen LogP contribution in [-0.4, -0.2) is 31.8 Å². The van der Waals surface area contributed by atoms with Gasteiger partial charge >= 0.3 is 0 Å². The Bertz CT molecular complexity index is 887. The van der Waals surface area contributed by atoms with Crippen LogP contribution < -0.4 is 10.2 Å². The standard InChI is InChI=1S/C18H16ClF2N3O2/c1-24(2)17-12(19)4-3-5-14(17)22-18(25)16-9-15(23-26-16)11-8-10(20)6-7-13(11)21/h3-8,16H,9H2,1-2H3,(H,22,25). The molecule has 3 rings (SSSR count). The van der Waals surface area contributed by atoms with E-state index in [0.717, 1.165) is 18.2 Å². The van der Waals surface area contributed by atoms with Crippen molar-refractivity contribution in [1.82, 2.24) is 0 Å². The number of para-hydroxylation sites is 1. The molecule has 1 heterocycles. The van der Waals surface area contributed by atoms with Gasteiger partial charge in [0.1, 0.15) is 11.6 Å². The lowest BCUT2D eigenvalue weighted by Gasteiger charge is -2.20. The fourth-order valence-corrected chi connectivity index (χ4v) is 3.02. The van der Waals surface area contributed by atoms with Crippen LogP contribution in [0.25, 0.3) is 0 Å². The lowest BCUT2D eigenvalue weighted by Crippen LogP contribution is -2.29. The molecule has 0 aliphatic carbocycles. The quantitative estimate of drug-likeness (QED) is 0.878. The predicted molar refractivity (Wildman–Crippen MR) is 96.8 cm³/mol. The van der Waals surface area contributed by atoms with Crippen molar-refractivity contribution in [1.29, 1.82) is 0 Å². The Hall–Kier alpha value is -2.67. The lowest BCUT2D eigenvalue weighted by atomic mass is 10.0. The SMILES string of the molecule is CN(C)c1c(Cl)cccc1NC(=O)C1CC(c2cc(F)ccc2F)=NO1. The maximum Gasteiger partial charge on any atom is 0.268 e. The van der Waals surface area contributed by atoms with E-state index in [0.29, 0.717) is 16.4 Å². The first-order valence-corrected chi connectivity index (χ1v) is 8.19. The molecule has 2 aromatic rings. The number of rotatable bonds is 4. The number of anilines is 2. The minimum absolute atomic E-state index is 0.0166. The summed E-state index contributed by atoms with van der Waals surface area (Å²) in [6, 6.07) is 8.19. The number of carbonyl (C=O) groups is 1. The molecule has 26 heavy (non-hydrogen) atoms. The van der Waals surface area contributed by atoms with Crippen LogP contribution in [0, 0.1) is 11.6 Å². The van der Waals surface area contributed by atoms with Gasteiger partial charge in [-0.1, -0.05) is 22.8 Å². The molecule has 1 amide bonds. The van der Waals surface area contributed by atoms with Crippen molar-refractivity contribution in [2.75, 3.05) is 24.3 Å². The second-order valence-corrected chi connectivity index (χ2v) is 6.39. The molecule has 2 aromatic carbocycles. The van der Waals surface area contributed by atoms with E-state index in [1.165, 1.54) is 0 Å². The monoisotopic (exact) mass is 379 g/mol. The molecule has 1 N–H and O–H groups in total. The van der Waals surface area contributed by atoms with Gasteiger partial charge in [-0.3, -0.25) is 4.79 Å². The van der Waals surface area contributed by atoms with Crippen molar-refractivity contribution in [3.63, 3.8) is 0 Å². The van der Waals surface area contributed by atoms with E-state index in [4.69, 9.17) is 16.4 Å². The van der Waals surface area contributed by atoms with Gasteiger partial charge in [0.05, 0.1) is 22.1 Å². The minimum Gasteiger partial charge on any atom is -0.382 e. The van der Waals surface area contributed by atoms with Crippen LogP contribution in [0.15, 0.2) is 41.6 Å². The third kappa shape index (κ3) is 3.62. The van der Waals surface area contributed by atoms with Gasteiger partial charge in [0.25, 0.3) is 5.91 Å². The molecule has 1 atom stereocenters. The van der Waals surface area contributed by atoms with Gasteiger partial charge < -0.3 is 15.1 Å². The van der Waals surface area contributed by atoms with Crippen molar-refractivity contribution in [3.05, 3.63) is 58.6 Å². The van der Waals surface area contributed by atoms with Crippen LogP contribution in [0.2, 0.25) is 5.02 Å². The molecular weight excluding hydrogens is 364 g/mol. The van der Waals surface area contributed by atoms with Crippen LogP contribution in [0.4, 0.5) is 20.2 Å². The van der Waals surface area contributed by atoms with Gasteiger partial charge in [-0.2, -0.15) is 0 Å². The second kappa shape index (κ2) is 7.29. The number of benzene rings is 2. The van der Waals surface area contributed by atoms with E-state index in [-0.39, 0.29) is 17.7 Å². The first-order chi connectivity index (χ1) is 12.4. The van der Waals surface area contributed by atoms with Gasteiger partial charge in [-0.05, 0) is 30.3 Å². The van der Waals surface area contributed by atoms with E-state index >= 15 is 0 Å². The fraction of sp³-hybridized carbons (Fsp3) is 0.222. The van der Waals surface area contributed by atoms with Crippen molar-refractivity contribution >= 4 is 34.6 Å². The van der Waals surface area contributed by atoms with Gasteiger partial charge in [0, 0.05) is 26.1 Å². The molecule has 0 saturated carbocycles. The Kier molecular flexibility index (Phi) is 5.08. The number of halogens is 3. The van der Waals surface area contributed by atoms with Crippen molar-refractivity contribution < 1.29 is 18.4 Å². The predicted octanol–water partition coefficient (Wildman–Crippen LogP) is 3.82. The van der Waals surface area contributed by atoms with Gasteiger partial charge in [-0.15, -0.1) is 0 Å². The maximum absolute atomic E-state index is 13.9. The topological polar surface area (TPSA) is 53.9 Å². The van der Waals surface area contributed by atoms with Crippen LogP contribution in [0.3, 0.4) is 0 Å². The molecule has 0 aromatic heterocycles. The Morgan fingerprint density at radius 2 is 2.08 bits per heavy atom. The highest BCUT2D eigenvalue weighted by atomic mass is 35.5. The number of oxime groups is 1. The third-order valence-electron chi connectivity index (χ3n) is 3.89. The Morgan fingerprint density at radius 1 is 1.31 bits per heavy atom. The summed E-state index contributed by atoms with van der Waals surface area (Å²) in [5, 5.41) is 6.97. The van der Waals surface area contributed by atoms with Crippen molar-refractivity contribution in [2.24, 2.45) is 5.16 Å². The number of carbonyl (C=O) groups excluding carboxylic acids is 1. The van der Waals surface area contributed by atoms with Crippen molar-refractivity contribution in [2.45, 2.75) is 12.5 Å². The zero-order chi connectivity index (χ0) is 18.8. The molecule has 136 valence electrons. The largest absolute Gasteiger partial charge is 0.382 e. The van der Waals surface area contributed by atoms with E-state index in [1.54, 1.807) is 37.2 Å². The molecule has 0 bridgehead atoms. The fourth-order valence-electron chi connectivity index (χ4n) is 2.68. The third-order valence-corrected chi connectivity index (χ3v) is 4.20. The summed E-state index contributed by atoms with van der Waals surface area (Å²) in [4.78, 5) is 19.4. The molecule has 1 aliphatic heterocycles. The van der Waals surface area contributed by atoms with E-state index in [2.05, 4.69) is 10.5 Å². The molecule has 1 aliphatic rings. The van der Waals surface area contributed by atoms with Gasteiger partial charge in [-0.25, -0.2) is 8.78 Å². The number of nitrogens with zero attached hydrogens (tertiary/aromatic N) is 2. The second-order valence-electron chi connectivity index (χ2n) is 5.98. The summed E-state index contributed by atoms with van der Waals surface area (Å²) >= 11 is 6.18. The van der Waals surface area contributed by atoms with Crippen LogP contribution in [0.5, 0.6) is 0 Å². The molecular formula is C18H16ClF2N3O2. The highest BCUT2D eigenvalue weighted by molar-refractivity contribution is 6.34. The molecule has 5 nitrogen and oxygen atoms in total. The van der Waals surface area contributed by atoms with E-state index in [9.17, 15) is 13.6 Å². The highest BCUT2D eigenvalue weighted by Crippen LogP contribution is 2.33. The summed E-state index contributed by atoms with van der Waals surface area (Å²) in [7, 11) is 3.60. The summed E-state index contributed by atoms with van der Waals surface area (Å²) in [5.74, 6) is -1.67. The Labute approximate surface area is 154 Å². The van der Waals surface area contributed by atoms with Gasteiger partial charge in [0.15, 0.2) is 0 Å². The Morgan fingerprint density at radius 3 is 2.81 bits per heavy atom. The van der Waals surface area contributed by atoms with E-state index in [1.807, 2.05) is 0 Å². The molecule has 8 heteroatoms. The number of amides is 1. The summed E-state index contributed by atoms with van der Waals surface area (Å²) < 4.78 is 27.2. The average Bonchev–Trinajstić information content (AvgIpc) is 3.06. The number of hydrogen-bond donors (Lipinski definition) is 1. The molecule has 0 radical (unpaired) electrons. The first-order valence-electron chi connectivity index (χ1n) is 7.81. The average molecular weight is 380 g/mol. The summed E-state index contributed by atoms with van der Waals surface area (Å²) in [6.07, 6.45) is -0.911.